The number of aliphatic hydroxyl groups excluding tert-OH is 1. The second-order valence-electron chi connectivity index (χ2n) is 6.13. The van der Waals surface area contributed by atoms with Gasteiger partial charge in [0.1, 0.15) is 12.4 Å². The normalized spacial score (nSPS) is 12.3. The first-order chi connectivity index (χ1) is 13.2. The van der Waals surface area contributed by atoms with Gasteiger partial charge in [-0.15, -0.1) is 0 Å². The summed E-state index contributed by atoms with van der Waals surface area (Å²) in [5.41, 5.74) is 0.983. The van der Waals surface area contributed by atoms with E-state index in [2.05, 4.69) is 4.90 Å². The molecule has 2 aromatic rings. The number of benzene rings is 1. The Kier molecular flexibility index (Phi) is 9.13. The van der Waals surface area contributed by atoms with Crippen LogP contribution >= 0.6 is 0 Å². The van der Waals surface area contributed by atoms with E-state index in [4.69, 9.17) is 23.4 Å². The zero-order chi connectivity index (χ0) is 19.5. The van der Waals surface area contributed by atoms with Gasteiger partial charge in [0, 0.05) is 32.3 Å². The minimum atomic E-state index is -0.631. The summed E-state index contributed by atoms with van der Waals surface area (Å²) in [5, 5.41) is 10.4. The fourth-order valence-corrected chi connectivity index (χ4v) is 2.82. The molecule has 0 radical (unpaired) electrons. The summed E-state index contributed by atoms with van der Waals surface area (Å²) in [6.07, 6.45) is 0.969. The van der Waals surface area contributed by atoms with Crippen LogP contribution in [-0.2, 0) is 22.6 Å². The largest absolute Gasteiger partial charge is 0.493 e. The first kappa shape index (κ1) is 21.2. The van der Waals surface area contributed by atoms with Crippen molar-refractivity contribution in [2.75, 3.05) is 47.6 Å². The zero-order valence-electron chi connectivity index (χ0n) is 16.2. The van der Waals surface area contributed by atoms with Gasteiger partial charge < -0.3 is 28.5 Å². The van der Waals surface area contributed by atoms with Gasteiger partial charge >= 0.3 is 0 Å². The molecule has 1 aromatic heterocycles. The van der Waals surface area contributed by atoms with Crippen LogP contribution < -0.4 is 9.47 Å². The molecule has 0 saturated heterocycles. The third kappa shape index (κ3) is 6.88. The third-order valence-electron chi connectivity index (χ3n) is 4.09. The summed E-state index contributed by atoms with van der Waals surface area (Å²) in [6.45, 7) is 2.84. The number of furan rings is 1. The van der Waals surface area contributed by atoms with Crippen LogP contribution in [0.5, 0.6) is 11.5 Å². The van der Waals surface area contributed by atoms with E-state index in [1.807, 2.05) is 30.3 Å². The van der Waals surface area contributed by atoms with Gasteiger partial charge in [-0.05, 0) is 18.2 Å². The topological polar surface area (TPSA) is 73.5 Å². The van der Waals surface area contributed by atoms with Gasteiger partial charge in [0.15, 0.2) is 11.5 Å². The van der Waals surface area contributed by atoms with Crippen LogP contribution in [0.3, 0.4) is 0 Å². The van der Waals surface area contributed by atoms with E-state index in [-0.39, 0.29) is 6.61 Å². The number of nitrogens with zero attached hydrogens (tertiary/aromatic N) is 1. The predicted molar refractivity (Wildman–Crippen MR) is 101 cm³/mol. The highest BCUT2D eigenvalue weighted by atomic mass is 16.5. The fraction of sp³-hybridized carbons (Fsp3) is 0.500. The molecule has 0 aliphatic heterocycles. The molecule has 150 valence electrons. The molecule has 1 heterocycles. The molecule has 0 saturated carbocycles. The second kappa shape index (κ2) is 11.6. The van der Waals surface area contributed by atoms with Crippen molar-refractivity contribution in [2.24, 2.45) is 0 Å². The SMILES string of the molecule is COCCN(Cc1cccc(OC)c1OC)C[C@H](O)COCc1ccco1. The molecule has 2 rings (SSSR count). The highest BCUT2D eigenvalue weighted by molar-refractivity contribution is 5.46. The Morgan fingerprint density at radius 3 is 2.63 bits per heavy atom. The molecule has 0 fully saturated rings. The molecule has 0 bridgehead atoms. The number of aliphatic hydroxyl groups is 1. The van der Waals surface area contributed by atoms with Gasteiger partial charge in [-0.25, -0.2) is 0 Å². The molecule has 0 aliphatic rings. The Bertz CT molecular complexity index is 646. The lowest BCUT2D eigenvalue weighted by Crippen LogP contribution is -2.36. The van der Waals surface area contributed by atoms with Crippen molar-refractivity contribution in [3.8, 4) is 11.5 Å². The Hall–Kier alpha value is -2.06. The maximum atomic E-state index is 10.4. The van der Waals surface area contributed by atoms with Crippen molar-refractivity contribution >= 4 is 0 Å². The highest BCUT2D eigenvalue weighted by Crippen LogP contribution is 2.31. The molecule has 7 nitrogen and oxygen atoms in total. The summed E-state index contributed by atoms with van der Waals surface area (Å²) in [4.78, 5) is 2.10. The van der Waals surface area contributed by atoms with E-state index in [0.717, 1.165) is 11.3 Å². The summed E-state index contributed by atoms with van der Waals surface area (Å²) in [6, 6.07) is 9.42. The van der Waals surface area contributed by atoms with E-state index >= 15 is 0 Å². The first-order valence-electron chi connectivity index (χ1n) is 8.87. The first-order valence-corrected chi connectivity index (χ1v) is 8.87. The maximum Gasteiger partial charge on any atom is 0.165 e. The molecule has 1 N–H and O–H groups in total. The van der Waals surface area contributed by atoms with Gasteiger partial charge in [-0.1, -0.05) is 12.1 Å². The smallest absolute Gasteiger partial charge is 0.165 e. The number of rotatable bonds is 13. The highest BCUT2D eigenvalue weighted by Gasteiger charge is 2.17. The number of ether oxygens (including phenoxy) is 4. The minimum absolute atomic E-state index is 0.222. The van der Waals surface area contributed by atoms with Crippen LogP contribution in [0.15, 0.2) is 41.0 Å². The fourth-order valence-electron chi connectivity index (χ4n) is 2.82. The number of hydrogen-bond donors (Lipinski definition) is 1. The summed E-state index contributed by atoms with van der Waals surface area (Å²) >= 11 is 0. The van der Waals surface area contributed by atoms with Crippen molar-refractivity contribution in [1.82, 2.24) is 4.90 Å². The lowest BCUT2D eigenvalue weighted by molar-refractivity contribution is 0.000376. The minimum Gasteiger partial charge on any atom is -0.493 e. The van der Waals surface area contributed by atoms with Crippen molar-refractivity contribution in [1.29, 1.82) is 0 Å². The Morgan fingerprint density at radius 2 is 1.96 bits per heavy atom. The zero-order valence-corrected chi connectivity index (χ0v) is 16.2. The number of hydrogen-bond acceptors (Lipinski definition) is 7. The van der Waals surface area contributed by atoms with E-state index in [1.165, 1.54) is 0 Å². The van der Waals surface area contributed by atoms with Gasteiger partial charge in [0.25, 0.3) is 0 Å². The van der Waals surface area contributed by atoms with Crippen LogP contribution in [0.4, 0.5) is 0 Å². The van der Waals surface area contributed by atoms with Crippen LogP contribution in [0, 0.1) is 0 Å². The monoisotopic (exact) mass is 379 g/mol. The van der Waals surface area contributed by atoms with Gasteiger partial charge in [-0.3, -0.25) is 4.90 Å². The summed E-state index contributed by atoms with van der Waals surface area (Å²) in [7, 11) is 4.90. The molecule has 0 unspecified atom stereocenters. The van der Waals surface area contributed by atoms with Crippen molar-refractivity contribution in [2.45, 2.75) is 19.3 Å². The lowest BCUT2D eigenvalue weighted by atomic mass is 10.1. The molecule has 0 amide bonds. The third-order valence-corrected chi connectivity index (χ3v) is 4.09. The molecule has 7 heteroatoms. The van der Waals surface area contributed by atoms with Crippen LogP contribution in [0.2, 0.25) is 0 Å². The Labute approximate surface area is 160 Å². The van der Waals surface area contributed by atoms with Gasteiger partial charge in [0.05, 0.1) is 39.8 Å². The lowest BCUT2D eigenvalue weighted by Gasteiger charge is -2.26. The number of para-hydroxylation sites is 1. The molecule has 1 aromatic carbocycles. The maximum absolute atomic E-state index is 10.4. The molecule has 1 atom stereocenters. The Morgan fingerprint density at radius 1 is 1.11 bits per heavy atom. The number of methoxy groups -OCH3 is 3. The molecular weight excluding hydrogens is 350 g/mol. The second-order valence-corrected chi connectivity index (χ2v) is 6.13. The van der Waals surface area contributed by atoms with Crippen molar-refractivity contribution in [3.05, 3.63) is 47.9 Å². The van der Waals surface area contributed by atoms with E-state index < -0.39 is 6.10 Å². The van der Waals surface area contributed by atoms with Gasteiger partial charge in [0.2, 0.25) is 0 Å². The summed E-state index contributed by atoms with van der Waals surface area (Å²) in [5.74, 6) is 2.12. The van der Waals surface area contributed by atoms with E-state index in [1.54, 1.807) is 27.6 Å². The van der Waals surface area contributed by atoms with E-state index in [0.29, 0.717) is 44.3 Å². The van der Waals surface area contributed by atoms with Gasteiger partial charge in [-0.2, -0.15) is 0 Å². The van der Waals surface area contributed by atoms with Crippen molar-refractivity contribution in [3.63, 3.8) is 0 Å². The van der Waals surface area contributed by atoms with Crippen LogP contribution in [-0.4, -0.2) is 63.7 Å². The molecule has 0 aliphatic carbocycles. The Balaban J connectivity index is 1.93. The average Bonchev–Trinajstić information content (AvgIpc) is 3.19. The van der Waals surface area contributed by atoms with Crippen LogP contribution in [0.25, 0.3) is 0 Å². The average molecular weight is 379 g/mol. The predicted octanol–water partition coefficient (Wildman–Crippen LogP) is 2.32. The quantitative estimate of drug-likeness (QED) is 0.572. The van der Waals surface area contributed by atoms with E-state index in [9.17, 15) is 5.11 Å². The molecular formula is C20H29NO6. The molecule has 0 spiro atoms. The summed E-state index contributed by atoms with van der Waals surface area (Å²) < 4.78 is 26.8. The van der Waals surface area contributed by atoms with Crippen LogP contribution in [0.1, 0.15) is 11.3 Å². The standard InChI is InChI=1S/C20H29NO6/c1-23-11-9-21(12-16-6-4-8-19(24-2)20(16)25-3)13-17(22)14-26-15-18-7-5-10-27-18/h4-8,10,17,22H,9,11-15H2,1-3H3/t17-/m0/s1. The molecule has 27 heavy (non-hydrogen) atoms. The van der Waals surface area contributed by atoms with Crippen molar-refractivity contribution < 1.29 is 28.5 Å².